The molecule has 54 heavy (non-hydrogen) atoms. The van der Waals surface area contributed by atoms with Gasteiger partial charge in [-0.1, -0.05) is 24.3 Å². The molecule has 3 heterocycles. The summed E-state index contributed by atoms with van der Waals surface area (Å²) in [5.74, 6) is 0.228. The topological polar surface area (TPSA) is 315 Å². The third-order valence-corrected chi connectivity index (χ3v) is 9.93. The summed E-state index contributed by atoms with van der Waals surface area (Å²) in [6.07, 6.45) is -23.4. The highest BCUT2D eigenvalue weighted by Gasteiger charge is 2.54. The van der Waals surface area contributed by atoms with Crippen molar-refractivity contribution in [1.29, 1.82) is 0 Å². The van der Waals surface area contributed by atoms with Crippen LogP contribution in [-0.4, -0.2) is 198 Å². The van der Waals surface area contributed by atoms with Crippen LogP contribution in [0.4, 0.5) is 0 Å². The molecule has 0 aromatic heterocycles. The Kier molecular flexibility index (Phi) is 14.5. The third kappa shape index (κ3) is 8.95. The summed E-state index contributed by atoms with van der Waals surface area (Å²) in [5, 5.41) is 129. The number of ether oxygens (including phenoxy) is 6. The van der Waals surface area contributed by atoms with Crippen molar-refractivity contribution in [2.45, 2.75) is 123 Å². The van der Waals surface area contributed by atoms with Crippen molar-refractivity contribution >= 4 is 6.08 Å². The summed E-state index contributed by atoms with van der Waals surface area (Å²) in [7, 11) is 0. The van der Waals surface area contributed by atoms with Crippen LogP contribution < -0.4 is 10.1 Å². The SMILES string of the molecule is [C-]#[N+]/C=C/c1ccc(OC2OC(CO)C(OC3OC(CO)C(OC4OC(C)C(NC5C=C(CO)C(O)C(O)C5O)C(O)C4O)C(O)C3O)C(O)C2O)cc1. The van der Waals surface area contributed by atoms with Gasteiger partial charge < -0.3 is 95.0 Å². The van der Waals surface area contributed by atoms with Gasteiger partial charge in [0.1, 0.15) is 85.1 Å². The van der Waals surface area contributed by atoms with Crippen molar-refractivity contribution in [2.75, 3.05) is 19.8 Å². The summed E-state index contributed by atoms with van der Waals surface area (Å²) in [4.78, 5) is 3.13. The number of aliphatic hydroxyl groups excluding tert-OH is 12. The van der Waals surface area contributed by atoms with Crippen LogP contribution in [0.25, 0.3) is 10.9 Å². The quantitative estimate of drug-likeness (QED) is 0.0696. The number of benzene rings is 1. The highest BCUT2D eigenvalue weighted by Crippen LogP contribution is 2.33. The van der Waals surface area contributed by atoms with Crippen LogP contribution >= 0.6 is 0 Å². The lowest BCUT2D eigenvalue weighted by Crippen LogP contribution is -2.68. The minimum atomic E-state index is -1.95. The maximum atomic E-state index is 11.1. The Balaban J connectivity index is 1.21. The van der Waals surface area contributed by atoms with Gasteiger partial charge in [-0.05, 0) is 30.2 Å². The van der Waals surface area contributed by atoms with Crippen LogP contribution in [0, 0.1) is 6.57 Å². The average Bonchev–Trinajstić information content (AvgIpc) is 3.17. The first-order chi connectivity index (χ1) is 25.7. The highest BCUT2D eigenvalue weighted by atomic mass is 16.8. The molecule has 302 valence electrons. The van der Waals surface area contributed by atoms with Crippen molar-refractivity contribution in [2.24, 2.45) is 0 Å². The molecule has 5 rings (SSSR count). The minimum Gasteiger partial charge on any atom is -0.462 e. The van der Waals surface area contributed by atoms with E-state index in [4.69, 9.17) is 35.0 Å². The van der Waals surface area contributed by atoms with Gasteiger partial charge in [-0.15, -0.1) is 0 Å². The predicted molar refractivity (Wildman–Crippen MR) is 178 cm³/mol. The molecule has 19 atom stereocenters. The molecule has 0 amide bonds. The molecule has 19 unspecified atom stereocenters. The third-order valence-electron chi connectivity index (χ3n) is 9.93. The largest absolute Gasteiger partial charge is 0.462 e. The first-order valence-corrected chi connectivity index (χ1v) is 17.2. The van der Waals surface area contributed by atoms with E-state index in [0.29, 0.717) is 5.56 Å². The standard InChI is InChI=1S/C34H48N2O18/c1-13-20(36-17-9-15(10-37)21(40)24(43)22(17)41)23(42)27(46)32(49-13)53-30-19(12-39)52-34(29(48)26(30)45)54-31-18(11-38)51-33(28(47)25(31)44)50-16-5-3-14(4-6-16)7-8-35-2/h3-9,13,17-34,36-48H,10-12H2,1H3/b8-7+. The number of nitrogens with one attached hydrogen (secondary N) is 1. The Morgan fingerprint density at radius 3 is 1.80 bits per heavy atom. The van der Waals surface area contributed by atoms with Gasteiger partial charge in [0.2, 0.25) is 6.29 Å². The molecule has 0 bridgehead atoms. The second-order valence-electron chi connectivity index (χ2n) is 13.5. The van der Waals surface area contributed by atoms with Crippen molar-refractivity contribution in [1.82, 2.24) is 5.32 Å². The van der Waals surface area contributed by atoms with E-state index in [1.807, 2.05) is 0 Å². The molecule has 3 aliphatic heterocycles. The Bertz CT molecular complexity index is 1460. The summed E-state index contributed by atoms with van der Waals surface area (Å²) < 4.78 is 34.2. The zero-order chi connectivity index (χ0) is 39.4. The molecule has 1 aliphatic carbocycles. The van der Waals surface area contributed by atoms with Crippen molar-refractivity contribution in [3.63, 3.8) is 0 Å². The molecule has 13 N–H and O–H groups in total. The lowest BCUT2D eigenvalue weighted by molar-refractivity contribution is -0.372. The molecule has 20 heteroatoms. The highest BCUT2D eigenvalue weighted by molar-refractivity contribution is 5.51. The van der Waals surface area contributed by atoms with E-state index in [9.17, 15) is 61.3 Å². The Hall–Kier alpha value is -2.73. The van der Waals surface area contributed by atoms with Gasteiger partial charge >= 0.3 is 0 Å². The van der Waals surface area contributed by atoms with Crippen LogP contribution in [0.15, 0.2) is 42.1 Å². The van der Waals surface area contributed by atoms with E-state index in [0.717, 1.165) is 0 Å². The van der Waals surface area contributed by atoms with E-state index in [1.54, 1.807) is 18.2 Å². The van der Waals surface area contributed by atoms with Crippen molar-refractivity contribution in [3.8, 4) is 5.75 Å². The first-order valence-electron chi connectivity index (χ1n) is 17.2. The molecular weight excluding hydrogens is 724 g/mol. The number of hydrogen-bond donors (Lipinski definition) is 13. The first kappa shape index (κ1) is 42.4. The molecule has 1 aromatic rings. The maximum absolute atomic E-state index is 11.1. The van der Waals surface area contributed by atoms with Gasteiger partial charge in [0.05, 0.1) is 44.6 Å². The van der Waals surface area contributed by atoms with Gasteiger partial charge in [0.25, 0.3) is 0 Å². The van der Waals surface area contributed by atoms with Crippen LogP contribution in [-0.2, 0) is 23.7 Å². The molecule has 20 nitrogen and oxygen atoms in total. The van der Waals surface area contributed by atoms with E-state index < -0.39 is 136 Å². The molecule has 1 aromatic carbocycles. The van der Waals surface area contributed by atoms with Crippen molar-refractivity contribution < 1.29 is 89.7 Å². The predicted octanol–water partition coefficient (Wildman–Crippen LogP) is -5.59. The zero-order valence-corrected chi connectivity index (χ0v) is 28.9. The molecule has 0 spiro atoms. The Labute approximate surface area is 309 Å². The molecule has 0 saturated carbocycles. The van der Waals surface area contributed by atoms with Crippen LogP contribution in [0.5, 0.6) is 5.75 Å². The number of rotatable bonds is 12. The van der Waals surface area contributed by atoms with Gasteiger partial charge in [-0.2, -0.15) is 0 Å². The van der Waals surface area contributed by atoms with E-state index >= 15 is 0 Å². The molecule has 0 radical (unpaired) electrons. The fourth-order valence-electron chi connectivity index (χ4n) is 6.81. The smallest absolute Gasteiger partial charge is 0.229 e. The summed E-state index contributed by atoms with van der Waals surface area (Å²) in [5.41, 5.74) is 0.714. The Morgan fingerprint density at radius 2 is 1.24 bits per heavy atom. The molecule has 3 saturated heterocycles. The van der Waals surface area contributed by atoms with Crippen LogP contribution in [0.1, 0.15) is 12.5 Å². The zero-order valence-electron chi connectivity index (χ0n) is 28.9. The monoisotopic (exact) mass is 772 g/mol. The second-order valence-corrected chi connectivity index (χ2v) is 13.5. The number of nitrogens with zero attached hydrogens (tertiary/aromatic N) is 1. The number of aliphatic hydroxyl groups is 12. The molecule has 4 aliphatic rings. The second kappa shape index (κ2) is 18.5. The lowest BCUT2D eigenvalue weighted by Gasteiger charge is -2.48. The summed E-state index contributed by atoms with van der Waals surface area (Å²) in [6, 6.07) is 4.14. The lowest BCUT2D eigenvalue weighted by atomic mass is 9.86. The van der Waals surface area contributed by atoms with Crippen molar-refractivity contribution in [3.05, 3.63) is 59.1 Å². The van der Waals surface area contributed by atoms with E-state index in [-0.39, 0.29) is 11.3 Å². The summed E-state index contributed by atoms with van der Waals surface area (Å²) >= 11 is 0. The fraction of sp³-hybridized carbons (Fsp3) is 0.676. The maximum Gasteiger partial charge on any atom is 0.229 e. The van der Waals surface area contributed by atoms with E-state index in [2.05, 4.69) is 10.2 Å². The van der Waals surface area contributed by atoms with Crippen LogP contribution in [0.2, 0.25) is 0 Å². The van der Waals surface area contributed by atoms with Gasteiger partial charge in [-0.25, -0.2) is 4.85 Å². The molecular formula is C34H48N2O18. The van der Waals surface area contributed by atoms with Gasteiger partial charge in [0.15, 0.2) is 18.8 Å². The van der Waals surface area contributed by atoms with Crippen LogP contribution in [0.3, 0.4) is 0 Å². The van der Waals surface area contributed by atoms with E-state index in [1.165, 1.54) is 31.3 Å². The van der Waals surface area contributed by atoms with Gasteiger partial charge in [0, 0.05) is 0 Å². The minimum absolute atomic E-state index is 0.0189. The fourth-order valence-corrected chi connectivity index (χ4v) is 6.81. The van der Waals surface area contributed by atoms with Gasteiger partial charge in [-0.3, -0.25) is 0 Å². The normalized spacial score (nSPS) is 44.4. The average molecular weight is 773 g/mol. The number of hydrogen-bond acceptors (Lipinski definition) is 19. The summed E-state index contributed by atoms with van der Waals surface area (Å²) in [6.45, 7) is 6.09. The molecule has 3 fully saturated rings. The Morgan fingerprint density at radius 1 is 0.704 bits per heavy atom.